The van der Waals surface area contributed by atoms with E-state index in [1.54, 1.807) is 18.1 Å². The van der Waals surface area contributed by atoms with Crippen molar-refractivity contribution in [3.63, 3.8) is 0 Å². The van der Waals surface area contributed by atoms with Gasteiger partial charge in [0.1, 0.15) is 5.82 Å². The van der Waals surface area contributed by atoms with E-state index >= 15 is 0 Å². The number of allylic oxidation sites excluding steroid dienone is 1. The van der Waals surface area contributed by atoms with E-state index in [2.05, 4.69) is 16.6 Å². The smallest absolute Gasteiger partial charge is 0.200 e. The Bertz CT molecular complexity index is 286. The molecule has 2 N–H and O–H groups in total. The molecule has 78 valence electrons. The quantitative estimate of drug-likeness (QED) is 0.471. The fourth-order valence-corrected chi connectivity index (χ4v) is 0.879. The van der Waals surface area contributed by atoms with E-state index in [4.69, 9.17) is 5.73 Å². The van der Waals surface area contributed by atoms with E-state index in [9.17, 15) is 0 Å². The Morgan fingerprint density at radius 2 is 2.14 bits per heavy atom. The Labute approximate surface area is 85.5 Å². The van der Waals surface area contributed by atoms with Crippen molar-refractivity contribution in [3.8, 4) is 0 Å². The number of guanidine groups is 1. The van der Waals surface area contributed by atoms with Gasteiger partial charge in [-0.15, -0.1) is 0 Å². The molecular formula is C10H18N4. The first-order valence-electron chi connectivity index (χ1n) is 4.59. The van der Waals surface area contributed by atoms with Crippen molar-refractivity contribution in [1.29, 1.82) is 0 Å². The average Bonchev–Trinajstić information content (AvgIpc) is 2.20. The van der Waals surface area contributed by atoms with Crippen LogP contribution < -0.4 is 5.73 Å². The van der Waals surface area contributed by atoms with Crippen molar-refractivity contribution in [2.75, 3.05) is 7.05 Å². The summed E-state index contributed by atoms with van der Waals surface area (Å²) in [4.78, 5) is 9.59. The summed E-state index contributed by atoms with van der Waals surface area (Å²) in [7, 11) is 1.63. The Kier molecular flexibility index (Phi) is 5.29. The number of aliphatic imine (C=N–C) groups is 2. The van der Waals surface area contributed by atoms with Gasteiger partial charge in [0.15, 0.2) is 0 Å². The van der Waals surface area contributed by atoms with Crippen molar-refractivity contribution < 1.29 is 0 Å². The molecule has 4 heteroatoms. The lowest BCUT2D eigenvalue weighted by atomic mass is 10.3. The highest BCUT2D eigenvalue weighted by molar-refractivity contribution is 5.96. The maximum Gasteiger partial charge on any atom is 0.200 e. The molecule has 0 amide bonds. The van der Waals surface area contributed by atoms with Gasteiger partial charge in [-0.1, -0.05) is 20.4 Å². The van der Waals surface area contributed by atoms with E-state index < -0.39 is 0 Å². The van der Waals surface area contributed by atoms with Crippen LogP contribution in [-0.2, 0) is 0 Å². The highest BCUT2D eigenvalue weighted by Gasteiger charge is 2.10. The maximum atomic E-state index is 5.58. The molecule has 0 unspecified atom stereocenters. The summed E-state index contributed by atoms with van der Waals surface area (Å²) < 4.78 is 0. The Morgan fingerprint density at radius 3 is 2.57 bits per heavy atom. The van der Waals surface area contributed by atoms with Crippen LogP contribution in [0.5, 0.6) is 0 Å². The minimum Gasteiger partial charge on any atom is -0.369 e. The molecule has 0 spiro atoms. The fraction of sp³-hybridized carbons (Fsp3) is 0.400. The van der Waals surface area contributed by atoms with Crippen molar-refractivity contribution >= 4 is 11.7 Å². The summed E-state index contributed by atoms with van der Waals surface area (Å²) in [5.74, 6) is 0.991. The van der Waals surface area contributed by atoms with E-state index in [1.807, 2.05) is 26.8 Å². The molecule has 0 bridgehead atoms. The number of hydrogen-bond donors (Lipinski definition) is 1. The summed E-state index contributed by atoms with van der Waals surface area (Å²) in [5.41, 5.74) is 6.49. The second-order valence-electron chi connectivity index (χ2n) is 2.44. The minimum atomic E-state index is 0.396. The van der Waals surface area contributed by atoms with Gasteiger partial charge in [-0.2, -0.15) is 0 Å². The zero-order valence-electron chi connectivity index (χ0n) is 9.28. The molecule has 1 rings (SSSR count). The van der Waals surface area contributed by atoms with Gasteiger partial charge < -0.3 is 5.73 Å². The molecule has 1 aliphatic heterocycles. The lowest BCUT2D eigenvalue weighted by molar-refractivity contribution is 0.665. The predicted octanol–water partition coefficient (Wildman–Crippen LogP) is 1.72. The van der Waals surface area contributed by atoms with Crippen LogP contribution in [0.1, 0.15) is 20.8 Å². The van der Waals surface area contributed by atoms with E-state index in [-0.39, 0.29) is 0 Å². The molecule has 14 heavy (non-hydrogen) atoms. The van der Waals surface area contributed by atoms with Gasteiger partial charge in [0.2, 0.25) is 5.96 Å². The molecule has 0 radical (unpaired) electrons. The van der Waals surface area contributed by atoms with Gasteiger partial charge in [0.05, 0.1) is 0 Å². The third-order valence-electron chi connectivity index (χ3n) is 1.52. The van der Waals surface area contributed by atoms with Crippen molar-refractivity contribution in [1.82, 2.24) is 4.90 Å². The van der Waals surface area contributed by atoms with Crippen LogP contribution in [-0.4, -0.2) is 23.6 Å². The molecule has 4 nitrogen and oxygen atoms in total. The van der Waals surface area contributed by atoms with Crippen LogP contribution in [0.25, 0.3) is 0 Å². The third kappa shape index (κ3) is 3.05. The molecule has 0 atom stereocenters. The lowest BCUT2D eigenvalue weighted by Gasteiger charge is -2.21. The van der Waals surface area contributed by atoms with Gasteiger partial charge in [0.25, 0.3) is 0 Å². The predicted molar refractivity (Wildman–Crippen MR) is 62.1 cm³/mol. The van der Waals surface area contributed by atoms with Crippen molar-refractivity contribution in [3.05, 3.63) is 24.7 Å². The summed E-state index contributed by atoms with van der Waals surface area (Å²) in [6, 6.07) is 0. The lowest BCUT2D eigenvalue weighted by Crippen LogP contribution is -2.33. The average molecular weight is 194 g/mol. The SMILES string of the molecule is C=C1N=C(C)C=CN1C(N)=NC.CC. The fourth-order valence-electron chi connectivity index (χ4n) is 0.879. The van der Waals surface area contributed by atoms with Gasteiger partial charge in [-0.25, -0.2) is 4.99 Å². The van der Waals surface area contributed by atoms with Crippen LogP contribution in [0.3, 0.4) is 0 Å². The second kappa shape index (κ2) is 5.96. The first-order valence-corrected chi connectivity index (χ1v) is 4.59. The van der Waals surface area contributed by atoms with Crippen molar-refractivity contribution in [2.45, 2.75) is 20.8 Å². The standard InChI is InChI=1S/C8H12N4.C2H6/c1-6-4-5-12(7(2)11-6)8(9)10-3;1-2/h4-5H,2H2,1,3H3,(H2,9,10);1-2H3. The Morgan fingerprint density at radius 1 is 1.57 bits per heavy atom. The largest absolute Gasteiger partial charge is 0.369 e. The molecule has 1 heterocycles. The van der Waals surface area contributed by atoms with Gasteiger partial charge in [-0.05, 0) is 13.0 Å². The van der Waals surface area contributed by atoms with Crippen LogP contribution >= 0.6 is 0 Å². The summed E-state index contributed by atoms with van der Waals surface area (Å²) in [6.07, 6.45) is 3.65. The summed E-state index contributed by atoms with van der Waals surface area (Å²) in [6.45, 7) is 9.64. The van der Waals surface area contributed by atoms with Crippen molar-refractivity contribution in [2.24, 2.45) is 15.7 Å². The zero-order valence-corrected chi connectivity index (χ0v) is 9.28. The van der Waals surface area contributed by atoms with Crippen LogP contribution in [0.2, 0.25) is 0 Å². The molecule has 0 saturated heterocycles. The molecule has 1 aliphatic rings. The van der Waals surface area contributed by atoms with Gasteiger partial charge in [-0.3, -0.25) is 9.89 Å². The highest BCUT2D eigenvalue weighted by Crippen LogP contribution is 2.09. The molecule has 0 saturated carbocycles. The summed E-state index contributed by atoms with van der Waals surface area (Å²) >= 11 is 0. The Hall–Kier alpha value is -1.58. The first kappa shape index (κ1) is 12.4. The molecule has 0 aliphatic carbocycles. The van der Waals surface area contributed by atoms with Crippen LogP contribution in [0.15, 0.2) is 34.7 Å². The number of hydrogen-bond acceptors (Lipinski definition) is 2. The van der Waals surface area contributed by atoms with Gasteiger partial charge >= 0.3 is 0 Å². The Balaban J connectivity index is 0.000000791. The molecular weight excluding hydrogens is 176 g/mol. The number of rotatable bonds is 0. The number of nitrogens with zero attached hydrogens (tertiary/aromatic N) is 3. The maximum absolute atomic E-state index is 5.58. The topological polar surface area (TPSA) is 54.0 Å². The number of nitrogens with two attached hydrogens (primary N) is 1. The molecule has 0 aromatic carbocycles. The molecule has 0 aromatic heterocycles. The third-order valence-corrected chi connectivity index (χ3v) is 1.52. The zero-order chi connectivity index (χ0) is 11.1. The van der Waals surface area contributed by atoms with E-state index in [0.29, 0.717) is 11.8 Å². The minimum absolute atomic E-state index is 0.396. The van der Waals surface area contributed by atoms with E-state index in [0.717, 1.165) is 5.71 Å². The van der Waals surface area contributed by atoms with Crippen LogP contribution in [0, 0.1) is 0 Å². The monoisotopic (exact) mass is 194 g/mol. The van der Waals surface area contributed by atoms with Gasteiger partial charge in [0, 0.05) is 19.0 Å². The molecule has 0 fully saturated rings. The second-order valence-corrected chi connectivity index (χ2v) is 2.44. The summed E-state index contributed by atoms with van der Waals surface area (Å²) in [5, 5.41) is 0. The van der Waals surface area contributed by atoms with E-state index in [1.165, 1.54) is 0 Å². The van der Waals surface area contributed by atoms with Crippen LogP contribution in [0.4, 0.5) is 0 Å². The highest BCUT2D eigenvalue weighted by atomic mass is 15.3. The first-order chi connectivity index (χ1) is 6.65. The normalized spacial score (nSPS) is 16.0. The molecule has 0 aromatic rings.